The van der Waals surface area contributed by atoms with Gasteiger partial charge in [-0.1, -0.05) is 5.16 Å². The molecule has 0 atom stereocenters. The first kappa shape index (κ1) is 13.2. The number of hydrogen-bond donors (Lipinski definition) is 1. The summed E-state index contributed by atoms with van der Waals surface area (Å²) in [5.74, 6) is -0.491. The maximum absolute atomic E-state index is 12.1. The topological polar surface area (TPSA) is 68.4 Å². The van der Waals surface area contributed by atoms with Crippen molar-refractivity contribution in [3.05, 3.63) is 24.0 Å². The maximum atomic E-state index is 12.1. The Hall–Kier alpha value is -2.25. The van der Waals surface area contributed by atoms with Crippen molar-refractivity contribution in [2.45, 2.75) is 12.6 Å². The van der Waals surface area contributed by atoms with Crippen LogP contribution in [0.1, 0.15) is 5.82 Å². The summed E-state index contributed by atoms with van der Waals surface area (Å²) in [6, 6.07) is 4.23. The first-order valence-electron chi connectivity index (χ1n) is 5.16. The zero-order valence-electron chi connectivity index (χ0n) is 9.73. The van der Waals surface area contributed by atoms with E-state index in [2.05, 4.69) is 14.7 Å². The van der Waals surface area contributed by atoms with Gasteiger partial charge >= 0.3 is 6.18 Å². The number of phenols is 1. The molecule has 0 bridgehead atoms. The molecule has 1 aromatic carbocycles. The number of halogens is 3. The molecular formula is C11H9F3N2O3. The molecule has 8 heteroatoms. The van der Waals surface area contributed by atoms with E-state index >= 15 is 0 Å². The lowest BCUT2D eigenvalue weighted by Gasteiger charge is -2.02. The molecule has 0 saturated heterocycles. The summed E-state index contributed by atoms with van der Waals surface area (Å²) in [4.78, 5) is 3.58. The summed E-state index contributed by atoms with van der Waals surface area (Å²) in [5, 5.41) is 12.9. The van der Waals surface area contributed by atoms with Crippen LogP contribution in [-0.2, 0) is 6.42 Å². The zero-order chi connectivity index (χ0) is 14.0. The van der Waals surface area contributed by atoms with Crippen LogP contribution in [0.3, 0.4) is 0 Å². The number of methoxy groups -OCH3 is 1. The first-order valence-corrected chi connectivity index (χ1v) is 5.16. The Morgan fingerprint density at radius 3 is 2.68 bits per heavy atom. The minimum atomic E-state index is -4.41. The second kappa shape index (κ2) is 4.79. The Morgan fingerprint density at radius 2 is 2.11 bits per heavy atom. The summed E-state index contributed by atoms with van der Waals surface area (Å²) in [6.07, 6.45) is -5.70. The van der Waals surface area contributed by atoms with E-state index in [0.29, 0.717) is 5.75 Å². The predicted molar refractivity (Wildman–Crippen MR) is 57.7 cm³/mol. The van der Waals surface area contributed by atoms with E-state index in [0.717, 1.165) is 0 Å². The van der Waals surface area contributed by atoms with E-state index in [1.165, 1.54) is 25.3 Å². The van der Waals surface area contributed by atoms with Crippen molar-refractivity contribution in [2.24, 2.45) is 0 Å². The normalized spacial score (nSPS) is 11.6. The number of hydrogen-bond acceptors (Lipinski definition) is 5. The maximum Gasteiger partial charge on any atom is 0.396 e. The number of aromatic nitrogens is 2. The van der Waals surface area contributed by atoms with Gasteiger partial charge in [0.25, 0.3) is 5.89 Å². The monoisotopic (exact) mass is 274 g/mol. The number of aromatic hydroxyl groups is 1. The lowest BCUT2D eigenvalue weighted by molar-refractivity contribution is -0.128. The summed E-state index contributed by atoms with van der Waals surface area (Å²) in [5.41, 5.74) is 0.140. The summed E-state index contributed by atoms with van der Waals surface area (Å²) >= 11 is 0. The quantitative estimate of drug-likeness (QED) is 0.931. The molecule has 19 heavy (non-hydrogen) atoms. The summed E-state index contributed by atoms with van der Waals surface area (Å²) in [6.45, 7) is 0. The average molecular weight is 274 g/mol. The van der Waals surface area contributed by atoms with Crippen molar-refractivity contribution < 1.29 is 27.5 Å². The van der Waals surface area contributed by atoms with Crippen molar-refractivity contribution in [1.29, 1.82) is 0 Å². The van der Waals surface area contributed by atoms with Gasteiger partial charge in [0.15, 0.2) is 5.82 Å². The molecule has 2 rings (SSSR count). The minimum absolute atomic E-state index is 0.140. The highest BCUT2D eigenvalue weighted by Gasteiger charge is 2.30. The smallest absolute Gasteiger partial charge is 0.396 e. The van der Waals surface area contributed by atoms with Gasteiger partial charge in [-0.05, 0) is 12.1 Å². The molecule has 0 spiro atoms. The Kier molecular flexibility index (Phi) is 3.32. The van der Waals surface area contributed by atoms with Gasteiger partial charge in [0.2, 0.25) is 0 Å². The van der Waals surface area contributed by atoms with Gasteiger partial charge in [0.05, 0.1) is 12.7 Å². The van der Waals surface area contributed by atoms with Gasteiger partial charge in [-0.15, -0.1) is 0 Å². The molecule has 1 aromatic heterocycles. The van der Waals surface area contributed by atoms with Gasteiger partial charge in [0, 0.05) is 6.07 Å². The van der Waals surface area contributed by atoms with Crippen LogP contribution >= 0.6 is 0 Å². The van der Waals surface area contributed by atoms with Crippen molar-refractivity contribution in [3.8, 4) is 23.0 Å². The molecule has 2 aromatic rings. The van der Waals surface area contributed by atoms with Gasteiger partial charge in [0.1, 0.15) is 17.9 Å². The van der Waals surface area contributed by atoms with Gasteiger partial charge in [-0.25, -0.2) is 0 Å². The van der Waals surface area contributed by atoms with E-state index in [4.69, 9.17) is 4.74 Å². The third-order valence-electron chi connectivity index (χ3n) is 2.26. The fraction of sp³-hybridized carbons (Fsp3) is 0.273. The molecule has 0 unspecified atom stereocenters. The lowest BCUT2D eigenvalue weighted by Crippen LogP contribution is -2.12. The minimum Gasteiger partial charge on any atom is -0.507 e. The molecule has 5 nitrogen and oxygen atoms in total. The second-order valence-electron chi connectivity index (χ2n) is 3.69. The fourth-order valence-corrected chi connectivity index (χ4v) is 1.43. The number of rotatable bonds is 3. The molecule has 0 aliphatic rings. The highest BCUT2D eigenvalue weighted by molar-refractivity contribution is 5.63. The molecule has 0 aliphatic heterocycles. The van der Waals surface area contributed by atoms with E-state index < -0.39 is 18.4 Å². The van der Waals surface area contributed by atoms with Crippen molar-refractivity contribution in [2.75, 3.05) is 7.11 Å². The molecule has 0 fully saturated rings. The number of phenolic OH excluding ortho intramolecular Hbond substituents is 1. The predicted octanol–water partition coefficient (Wildman–Crippen LogP) is 2.56. The number of alkyl halides is 3. The average Bonchev–Trinajstić information content (AvgIpc) is 2.74. The van der Waals surface area contributed by atoms with E-state index in [1.54, 1.807) is 0 Å². The third-order valence-corrected chi connectivity index (χ3v) is 2.26. The Bertz CT molecular complexity index is 581. The van der Waals surface area contributed by atoms with Crippen LogP contribution < -0.4 is 4.74 Å². The van der Waals surface area contributed by atoms with Crippen molar-refractivity contribution in [1.82, 2.24) is 10.1 Å². The fourth-order valence-electron chi connectivity index (χ4n) is 1.43. The highest BCUT2D eigenvalue weighted by atomic mass is 19.4. The molecule has 0 amide bonds. The van der Waals surface area contributed by atoms with Crippen LogP contribution in [-0.4, -0.2) is 28.5 Å². The van der Waals surface area contributed by atoms with Crippen LogP contribution in [0.25, 0.3) is 11.5 Å². The van der Waals surface area contributed by atoms with Gasteiger partial charge in [-0.3, -0.25) is 0 Å². The van der Waals surface area contributed by atoms with E-state index in [-0.39, 0.29) is 17.2 Å². The lowest BCUT2D eigenvalue weighted by atomic mass is 10.2. The van der Waals surface area contributed by atoms with Crippen LogP contribution in [0.5, 0.6) is 11.5 Å². The largest absolute Gasteiger partial charge is 0.507 e. The van der Waals surface area contributed by atoms with E-state index in [9.17, 15) is 18.3 Å². The Morgan fingerprint density at radius 1 is 1.37 bits per heavy atom. The van der Waals surface area contributed by atoms with Crippen molar-refractivity contribution in [3.63, 3.8) is 0 Å². The number of nitrogens with zero attached hydrogens (tertiary/aromatic N) is 2. The Balaban J connectivity index is 2.28. The molecule has 1 N–H and O–H groups in total. The van der Waals surface area contributed by atoms with Gasteiger partial charge < -0.3 is 14.4 Å². The highest BCUT2D eigenvalue weighted by Crippen LogP contribution is 2.31. The Labute approximate surface area is 105 Å². The zero-order valence-corrected chi connectivity index (χ0v) is 9.73. The van der Waals surface area contributed by atoms with Gasteiger partial charge in [-0.2, -0.15) is 18.2 Å². The van der Waals surface area contributed by atoms with E-state index in [1.807, 2.05) is 0 Å². The number of ether oxygens (including phenoxy) is 1. The van der Waals surface area contributed by atoms with Crippen LogP contribution in [0.4, 0.5) is 13.2 Å². The van der Waals surface area contributed by atoms with Crippen LogP contribution in [0, 0.1) is 0 Å². The van der Waals surface area contributed by atoms with Crippen LogP contribution in [0.15, 0.2) is 22.7 Å². The SMILES string of the molecule is COc1ccc(-c2nc(CC(F)(F)F)no2)c(O)c1. The molecular weight excluding hydrogens is 265 g/mol. The molecule has 0 radical (unpaired) electrons. The second-order valence-corrected chi connectivity index (χ2v) is 3.69. The molecule has 1 heterocycles. The summed E-state index contributed by atoms with van der Waals surface area (Å²) < 4.78 is 46.0. The third kappa shape index (κ3) is 3.15. The summed E-state index contributed by atoms with van der Waals surface area (Å²) in [7, 11) is 1.42. The molecule has 0 saturated carbocycles. The standard InChI is InChI=1S/C11H9F3N2O3/c1-18-6-2-3-7(8(17)4-6)10-15-9(16-19-10)5-11(12,13)14/h2-4,17H,5H2,1H3. The molecule has 0 aliphatic carbocycles. The first-order chi connectivity index (χ1) is 8.89. The van der Waals surface area contributed by atoms with Crippen molar-refractivity contribution >= 4 is 0 Å². The molecule has 102 valence electrons. The number of benzene rings is 1. The van der Waals surface area contributed by atoms with Crippen LogP contribution in [0.2, 0.25) is 0 Å².